The van der Waals surface area contributed by atoms with Gasteiger partial charge in [-0.15, -0.1) is 0 Å². The number of hydrogen-bond acceptors (Lipinski definition) is 4. The standard InChI is InChI=1S/C26H29ClN2O2/c1-4-19-11-12-24(23(15-28)25(19)27)31-17-22(30)16-29-26(2,3)14-18-9-10-20-7-5-6-8-21(20)13-18/h5-13,22,29-30H,4,14,16-17H2,1-3H3. The Morgan fingerprint density at radius 2 is 1.87 bits per heavy atom. The average Bonchev–Trinajstić information content (AvgIpc) is 2.76. The summed E-state index contributed by atoms with van der Waals surface area (Å²) in [6.45, 7) is 6.68. The number of rotatable bonds is 9. The molecule has 0 fully saturated rings. The van der Waals surface area contributed by atoms with Crippen LogP contribution in [0.5, 0.6) is 5.75 Å². The normalized spacial score (nSPS) is 12.5. The molecular weight excluding hydrogens is 408 g/mol. The van der Waals surface area contributed by atoms with Crippen LogP contribution in [0.25, 0.3) is 10.8 Å². The van der Waals surface area contributed by atoms with Gasteiger partial charge < -0.3 is 15.2 Å². The number of fused-ring (bicyclic) bond motifs is 1. The summed E-state index contributed by atoms with van der Waals surface area (Å²) in [7, 11) is 0. The molecule has 1 unspecified atom stereocenters. The molecule has 0 bridgehead atoms. The van der Waals surface area contributed by atoms with Gasteiger partial charge in [0.2, 0.25) is 0 Å². The second-order valence-corrected chi connectivity index (χ2v) is 8.84. The maximum absolute atomic E-state index is 10.4. The van der Waals surface area contributed by atoms with Gasteiger partial charge in [-0.3, -0.25) is 0 Å². The van der Waals surface area contributed by atoms with Gasteiger partial charge in [0.25, 0.3) is 0 Å². The summed E-state index contributed by atoms with van der Waals surface area (Å²) in [6.07, 6.45) is 0.858. The zero-order valence-corrected chi connectivity index (χ0v) is 19.0. The first-order valence-electron chi connectivity index (χ1n) is 10.6. The van der Waals surface area contributed by atoms with Gasteiger partial charge in [-0.05, 0) is 54.7 Å². The first-order valence-corrected chi connectivity index (χ1v) is 11.0. The van der Waals surface area contributed by atoms with Gasteiger partial charge in [0.1, 0.15) is 30.1 Å². The first kappa shape index (κ1) is 23.1. The molecule has 0 aliphatic carbocycles. The van der Waals surface area contributed by atoms with E-state index in [2.05, 4.69) is 55.6 Å². The van der Waals surface area contributed by atoms with Gasteiger partial charge in [0, 0.05) is 12.1 Å². The van der Waals surface area contributed by atoms with Crippen LogP contribution in [-0.2, 0) is 12.8 Å². The van der Waals surface area contributed by atoms with Crippen LogP contribution in [0.1, 0.15) is 37.5 Å². The minimum Gasteiger partial charge on any atom is -0.489 e. The van der Waals surface area contributed by atoms with E-state index in [0.29, 0.717) is 22.9 Å². The van der Waals surface area contributed by atoms with E-state index in [4.69, 9.17) is 16.3 Å². The van der Waals surface area contributed by atoms with E-state index in [1.54, 1.807) is 6.07 Å². The van der Waals surface area contributed by atoms with Crippen molar-refractivity contribution in [3.63, 3.8) is 0 Å². The zero-order valence-electron chi connectivity index (χ0n) is 18.3. The Morgan fingerprint density at radius 1 is 1.13 bits per heavy atom. The number of halogens is 1. The summed E-state index contributed by atoms with van der Waals surface area (Å²) in [4.78, 5) is 0. The van der Waals surface area contributed by atoms with E-state index >= 15 is 0 Å². The Morgan fingerprint density at radius 3 is 2.58 bits per heavy atom. The van der Waals surface area contributed by atoms with E-state index in [0.717, 1.165) is 18.4 Å². The lowest BCUT2D eigenvalue weighted by Gasteiger charge is -2.28. The molecule has 4 nitrogen and oxygen atoms in total. The van der Waals surface area contributed by atoms with Crippen LogP contribution in [0.2, 0.25) is 5.02 Å². The highest BCUT2D eigenvalue weighted by Gasteiger charge is 2.20. The maximum atomic E-state index is 10.4. The quantitative estimate of drug-likeness (QED) is 0.479. The Balaban J connectivity index is 1.55. The molecule has 0 aromatic heterocycles. The maximum Gasteiger partial charge on any atom is 0.138 e. The Labute approximate surface area is 189 Å². The number of nitriles is 1. The van der Waals surface area contributed by atoms with E-state index in [1.807, 2.05) is 25.1 Å². The number of aliphatic hydroxyl groups excluding tert-OH is 1. The third kappa shape index (κ3) is 5.98. The lowest BCUT2D eigenvalue weighted by Crippen LogP contribution is -2.46. The number of nitrogens with one attached hydrogen (secondary N) is 1. The van der Waals surface area contributed by atoms with Crippen LogP contribution >= 0.6 is 11.6 Å². The van der Waals surface area contributed by atoms with Crippen molar-refractivity contribution in [3.8, 4) is 11.8 Å². The molecule has 5 heteroatoms. The monoisotopic (exact) mass is 436 g/mol. The van der Waals surface area contributed by atoms with Crippen molar-refractivity contribution in [3.05, 3.63) is 76.3 Å². The summed E-state index contributed by atoms with van der Waals surface area (Å²) >= 11 is 6.29. The summed E-state index contributed by atoms with van der Waals surface area (Å²) in [6, 6.07) is 20.5. The highest BCUT2D eigenvalue weighted by molar-refractivity contribution is 6.32. The molecule has 3 aromatic carbocycles. The van der Waals surface area contributed by atoms with Crippen LogP contribution in [-0.4, -0.2) is 29.9 Å². The van der Waals surface area contributed by atoms with Crippen molar-refractivity contribution < 1.29 is 9.84 Å². The van der Waals surface area contributed by atoms with Crippen molar-refractivity contribution in [2.45, 2.75) is 45.3 Å². The second-order valence-electron chi connectivity index (χ2n) is 8.47. The van der Waals surface area contributed by atoms with Crippen molar-refractivity contribution in [1.82, 2.24) is 5.32 Å². The third-order valence-corrected chi connectivity index (χ3v) is 5.82. The number of β-amino-alcohol motifs (C(OH)–C–C–N with tert-alkyl or cyclic N) is 1. The molecule has 3 aromatic rings. The zero-order chi connectivity index (χ0) is 22.4. The molecule has 2 N–H and O–H groups in total. The first-order chi connectivity index (χ1) is 14.8. The van der Waals surface area contributed by atoms with Crippen LogP contribution in [0.3, 0.4) is 0 Å². The largest absolute Gasteiger partial charge is 0.489 e. The van der Waals surface area contributed by atoms with Crippen molar-refractivity contribution in [2.24, 2.45) is 0 Å². The second kappa shape index (κ2) is 10.2. The molecule has 31 heavy (non-hydrogen) atoms. The van der Waals surface area contributed by atoms with Crippen molar-refractivity contribution >= 4 is 22.4 Å². The fraction of sp³-hybridized carbons (Fsp3) is 0.346. The SMILES string of the molecule is CCc1ccc(OCC(O)CNC(C)(C)Cc2ccc3ccccc3c2)c(C#N)c1Cl. The Hall–Kier alpha value is -2.58. The number of hydrogen-bond donors (Lipinski definition) is 2. The smallest absolute Gasteiger partial charge is 0.138 e. The molecule has 0 heterocycles. The van der Waals surface area contributed by atoms with E-state index in [1.165, 1.54) is 16.3 Å². The Kier molecular flexibility index (Phi) is 7.56. The molecular formula is C26H29ClN2O2. The number of benzene rings is 3. The third-order valence-electron chi connectivity index (χ3n) is 5.38. The molecule has 162 valence electrons. The topological polar surface area (TPSA) is 65.3 Å². The van der Waals surface area contributed by atoms with E-state index in [9.17, 15) is 10.4 Å². The van der Waals surface area contributed by atoms with Gasteiger partial charge in [0.05, 0.1) is 5.02 Å². The average molecular weight is 437 g/mol. The molecule has 0 aliphatic heterocycles. The van der Waals surface area contributed by atoms with Crippen molar-refractivity contribution in [1.29, 1.82) is 5.26 Å². The summed E-state index contributed by atoms with van der Waals surface area (Å²) in [5.41, 5.74) is 2.26. The summed E-state index contributed by atoms with van der Waals surface area (Å²) in [5, 5.41) is 26.1. The van der Waals surface area contributed by atoms with Crippen LogP contribution in [0.15, 0.2) is 54.6 Å². The highest BCUT2D eigenvalue weighted by Crippen LogP contribution is 2.29. The lowest BCUT2D eigenvalue weighted by atomic mass is 9.93. The van der Waals surface area contributed by atoms with Gasteiger partial charge in [0.15, 0.2) is 0 Å². The lowest BCUT2D eigenvalue weighted by molar-refractivity contribution is 0.0987. The minimum atomic E-state index is -0.716. The number of aryl methyl sites for hydroxylation is 1. The van der Waals surface area contributed by atoms with E-state index in [-0.39, 0.29) is 12.1 Å². The number of nitrogens with zero attached hydrogens (tertiary/aromatic N) is 1. The van der Waals surface area contributed by atoms with Crippen LogP contribution in [0.4, 0.5) is 0 Å². The van der Waals surface area contributed by atoms with Crippen molar-refractivity contribution in [2.75, 3.05) is 13.2 Å². The Bertz CT molecular complexity index is 1090. The fourth-order valence-corrected chi connectivity index (χ4v) is 3.99. The molecule has 3 rings (SSSR count). The molecule has 0 radical (unpaired) electrons. The molecule has 0 saturated carbocycles. The molecule has 0 saturated heterocycles. The van der Waals surface area contributed by atoms with Gasteiger partial charge in [-0.25, -0.2) is 0 Å². The predicted octanol–water partition coefficient (Wildman–Crippen LogP) is 5.28. The number of aliphatic hydroxyl groups is 1. The minimum absolute atomic E-state index is 0.0789. The number of ether oxygens (including phenoxy) is 1. The van der Waals surface area contributed by atoms with Crippen LogP contribution < -0.4 is 10.1 Å². The molecule has 0 aliphatic rings. The van der Waals surface area contributed by atoms with Gasteiger partial charge in [-0.1, -0.05) is 67.1 Å². The summed E-state index contributed by atoms with van der Waals surface area (Å²) in [5.74, 6) is 0.402. The van der Waals surface area contributed by atoms with E-state index < -0.39 is 6.10 Å². The van der Waals surface area contributed by atoms with Crippen LogP contribution in [0, 0.1) is 11.3 Å². The molecule has 0 amide bonds. The fourth-order valence-electron chi connectivity index (χ4n) is 3.66. The van der Waals surface area contributed by atoms with Gasteiger partial charge >= 0.3 is 0 Å². The highest BCUT2D eigenvalue weighted by atomic mass is 35.5. The van der Waals surface area contributed by atoms with Gasteiger partial charge in [-0.2, -0.15) is 5.26 Å². The predicted molar refractivity (Wildman–Crippen MR) is 127 cm³/mol. The molecule has 1 atom stereocenters. The summed E-state index contributed by atoms with van der Waals surface area (Å²) < 4.78 is 5.70. The molecule has 0 spiro atoms.